The van der Waals surface area contributed by atoms with E-state index in [0.29, 0.717) is 16.6 Å². The summed E-state index contributed by atoms with van der Waals surface area (Å²) in [5.74, 6) is -0.305. The molecule has 62 valence electrons. The zero-order valence-electron chi connectivity index (χ0n) is 6.00. The number of esters is 1. The molecule has 0 fully saturated rings. The van der Waals surface area contributed by atoms with Crippen LogP contribution in [0.1, 0.15) is 15.9 Å². The second-order valence-electron chi connectivity index (χ2n) is 2.54. The van der Waals surface area contributed by atoms with Gasteiger partial charge in [0.15, 0.2) is 0 Å². The average molecular weight is 229 g/mol. The fourth-order valence-electron chi connectivity index (χ4n) is 1.13. The highest BCUT2D eigenvalue weighted by molar-refractivity contribution is 9.10. The van der Waals surface area contributed by atoms with Crippen molar-refractivity contribution in [1.29, 1.82) is 0 Å². The van der Waals surface area contributed by atoms with E-state index in [9.17, 15) is 9.90 Å². The normalized spacial score (nSPS) is 14.2. The Bertz CT molecular complexity index is 360. The molecule has 0 saturated heterocycles. The maximum Gasteiger partial charge on any atom is 0.339 e. The molecule has 0 unspecified atom stereocenters. The Morgan fingerprint density at radius 3 is 3.00 bits per heavy atom. The Balaban J connectivity index is 2.63. The molecule has 0 aromatic heterocycles. The largest absolute Gasteiger partial charge is 0.507 e. The van der Waals surface area contributed by atoms with E-state index in [0.717, 1.165) is 5.56 Å². The third kappa shape index (κ3) is 0.992. The molecular weight excluding hydrogens is 224 g/mol. The lowest BCUT2D eigenvalue weighted by atomic mass is 10.1. The van der Waals surface area contributed by atoms with Crippen molar-refractivity contribution in [3.05, 3.63) is 27.7 Å². The summed E-state index contributed by atoms with van der Waals surface area (Å²) >= 11 is 3.15. The van der Waals surface area contributed by atoms with Gasteiger partial charge in [0.05, 0.1) is 10.0 Å². The van der Waals surface area contributed by atoms with E-state index in [1.165, 1.54) is 6.07 Å². The van der Waals surface area contributed by atoms with Crippen LogP contribution in [-0.4, -0.2) is 11.1 Å². The zero-order chi connectivity index (χ0) is 8.72. The summed E-state index contributed by atoms with van der Waals surface area (Å²) in [7, 11) is 0. The third-order valence-corrected chi connectivity index (χ3v) is 2.39. The molecule has 4 heteroatoms. The van der Waals surface area contributed by atoms with E-state index in [4.69, 9.17) is 4.74 Å². The summed E-state index contributed by atoms with van der Waals surface area (Å²) in [4.78, 5) is 11.0. The van der Waals surface area contributed by atoms with Crippen LogP contribution in [0.3, 0.4) is 0 Å². The van der Waals surface area contributed by atoms with Gasteiger partial charge >= 0.3 is 5.97 Å². The van der Waals surface area contributed by atoms with Crippen LogP contribution in [0.15, 0.2) is 16.6 Å². The van der Waals surface area contributed by atoms with Gasteiger partial charge in [-0.3, -0.25) is 0 Å². The van der Waals surface area contributed by atoms with Crippen LogP contribution in [0, 0.1) is 0 Å². The summed E-state index contributed by atoms with van der Waals surface area (Å²) < 4.78 is 5.35. The Morgan fingerprint density at radius 1 is 1.50 bits per heavy atom. The number of fused-ring (bicyclic) bond motifs is 1. The number of phenolic OH excluding ortho intramolecular Hbond substituents is 1. The van der Waals surface area contributed by atoms with Crippen LogP contribution >= 0.6 is 15.9 Å². The Hall–Kier alpha value is -1.03. The number of hydrogen-bond donors (Lipinski definition) is 1. The molecule has 1 aromatic carbocycles. The minimum absolute atomic E-state index is 0.0626. The second kappa shape index (κ2) is 2.48. The quantitative estimate of drug-likeness (QED) is 0.690. The fraction of sp³-hybridized carbons (Fsp3) is 0.125. The third-order valence-electron chi connectivity index (χ3n) is 1.75. The monoisotopic (exact) mass is 228 g/mol. The predicted molar refractivity (Wildman–Crippen MR) is 44.9 cm³/mol. The van der Waals surface area contributed by atoms with Crippen molar-refractivity contribution in [2.24, 2.45) is 0 Å². The molecule has 3 nitrogen and oxygen atoms in total. The van der Waals surface area contributed by atoms with Crippen molar-refractivity contribution in [3.8, 4) is 5.75 Å². The first kappa shape index (κ1) is 7.61. The molecule has 0 bridgehead atoms. The van der Waals surface area contributed by atoms with Crippen molar-refractivity contribution in [2.45, 2.75) is 6.61 Å². The van der Waals surface area contributed by atoms with E-state index >= 15 is 0 Å². The van der Waals surface area contributed by atoms with Crippen LogP contribution < -0.4 is 0 Å². The zero-order valence-corrected chi connectivity index (χ0v) is 7.59. The number of rotatable bonds is 0. The Morgan fingerprint density at radius 2 is 2.25 bits per heavy atom. The molecule has 0 amide bonds. The SMILES string of the molecule is O=C1OCc2cc(Br)c(O)cc21. The van der Waals surface area contributed by atoms with Gasteiger partial charge in [-0.15, -0.1) is 0 Å². The standard InChI is InChI=1S/C8H5BrO3/c9-6-1-4-3-12-8(11)5(4)2-7(6)10/h1-2,10H,3H2. The van der Waals surface area contributed by atoms with Gasteiger partial charge in [0.1, 0.15) is 12.4 Å². The molecule has 1 N–H and O–H groups in total. The van der Waals surface area contributed by atoms with E-state index < -0.39 is 0 Å². The summed E-state index contributed by atoms with van der Waals surface area (Å²) in [5, 5.41) is 9.25. The van der Waals surface area contributed by atoms with E-state index in [-0.39, 0.29) is 11.7 Å². The molecule has 0 radical (unpaired) electrons. The van der Waals surface area contributed by atoms with Gasteiger partial charge in [-0.2, -0.15) is 0 Å². The molecule has 0 spiro atoms. The van der Waals surface area contributed by atoms with Gasteiger partial charge in [0, 0.05) is 5.56 Å². The van der Waals surface area contributed by atoms with Crippen molar-refractivity contribution in [1.82, 2.24) is 0 Å². The summed E-state index contributed by atoms with van der Waals surface area (Å²) in [6.45, 7) is 0.299. The molecule has 2 rings (SSSR count). The molecule has 1 aliphatic rings. The number of hydrogen-bond acceptors (Lipinski definition) is 3. The van der Waals surface area contributed by atoms with Crippen molar-refractivity contribution in [2.75, 3.05) is 0 Å². The lowest BCUT2D eigenvalue weighted by Crippen LogP contribution is -1.92. The van der Waals surface area contributed by atoms with E-state index in [2.05, 4.69) is 15.9 Å². The number of cyclic esters (lactones) is 1. The Labute approximate surface area is 77.1 Å². The summed E-state index contributed by atoms with van der Waals surface area (Å²) in [6, 6.07) is 3.10. The molecule has 12 heavy (non-hydrogen) atoms. The van der Waals surface area contributed by atoms with Gasteiger partial charge in [-0.1, -0.05) is 0 Å². The summed E-state index contributed by atoms with van der Waals surface area (Å²) in [6.07, 6.45) is 0. The van der Waals surface area contributed by atoms with Gasteiger partial charge in [0.2, 0.25) is 0 Å². The average Bonchev–Trinajstić information content (AvgIpc) is 2.35. The number of aromatic hydroxyl groups is 1. The highest BCUT2D eigenvalue weighted by atomic mass is 79.9. The number of carbonyl (C=O) groups is 1. The molecule has 0 aliphatic carbocycles. The number of phenols is 1. The molecule has 0 atom stereocenters. The summed E-state index contributed by atoms with van der Waals surface area (Å²) in [5.41, 5.74) is 1.26. The maximum atomic E-state index is 11.0. The topological polar surface area (TPSA) is 46.5 Å². The van der Waals surface area contributed by atoms with Crippen LogP contribution in [0.4, 0.5) is 0 Å². The Kier molecular flexibility index (Phi) is 1.58. The molecule has 1 aliphatic heterocycles. The van der Waals surface area contributed by atoms with Gasteiger partial charge in [-0.05, 0) is 28.1 Å². The minimum Gasteiger partial charge on any atom is -0.507 e. The van der Waals surface area contributed by atoms with Crippen LogP contribution in [-0.2, 0) is 11.3 Å². The van der Waals surface area contributed by atoms with Crippen LogP contribution in [0.25, 0.3) is 0 Å². The number of carbonyl (C=O) groups excluding carboxylic acids is 1. The van der Waals surface area contributed by atoms with E-state index in [1.807, 2.05) is 0 Å². The lowest BCUT2D eigenvalue weighted by Gasteiger charge is -1.97. The number of ether oxygens (including phenoxy) is 1. The number of benzene rings is 1. The van der Waals surface area contributed by atoms with Crippen LogP contribution in [0.2, 0.25) is 0 Å². The van der Waals surface area contributed by atoms with Gasteiger partial charge < -0.3 is 9.84 Å². The highest BCUT2D eigenvalue weighted by Crippen LogP contribution is 2.31. The highest BCUT2D eigenvalue weighted by Gasteiger charge is 2.22. The van der Waals surface area contributed by atoms with Crippen molar-refractivity contribution >= 4 is 21.9 Å². The molecule has 1 aromatic rings. The lowest BCUT2D eigenvalue weighted by molar-refractivity contribution is 0.0535. The van der Waals surface area contributed by atoms with Crippen LogP contribution in [0.5, 0.6) is 5.75 Å². The minimum atomic E-state index is -0.368. The first-order valence-electron chi connectivity index (χ1n) is 3.37. The molecular formula is C8H5BrO3. The van der Waals surface area contributed by atoms with Crippen molar-refractivity contribution < 1.29 is 14.6 Å². The van der Waals surface area contributed by atoms with Gasteiger partial charge in [0.25, 0.3) is 0 Å². The smallest absolute Gasteiger partial charge is 0.339 e. The first-order chi connectivity index (χ1) is 5.68. The van der Waals surface area contributed by atoms with Gasteiger partial charge in [-0.25, -0.2) is 4.79 Å². The van der Waals surface area contributed by atoms with E-state index in [1.54, 1.807) is 6.07 Å². The van der Waals surface area contributed by atoms with Crippen molar-refractivity contribution in [3.63, 3.8) is 0 Å². The molecule has 1 heterocycles. The second-order valence-corrected chi connectivity index (χ2v) is 3.39. The first-order valence-corrected chi connectivity index (χ1v) is 4.16. The maximum absolute atomic E-state index is 11.0. The fourth-order valence-corrected chi connectivity index (χ4v) is 1.52. The molecule has 0 saturated carbocycles. The number of halogens is 1. The predicted octanol–water partition coefficient (Wildman–Crippen LogP) is 1.83.